The maximum Gasteiger partial charge on any atom is 0.192 e. The first kappa shape index (κ1) is 8.74. The molecule has 0 saturated heterocycles. The summed E-state index contributed by atoms with van der Waals surface area (Å²) in [6, 6.07) is 4.80. The van der Waals surface area contributed by atoms with Crippen molar-refractivity contribution >= 4 is 5.69 Å². The van der Waals surface area contributed by atoms with Crippen LogP contribution < -0.4 is 5.73 Å². The van der Waals surface area contributed by atoms with E-state index in [2.05, 4.69) is 5.16 Å². The van der Waals surface area contributed by atoms with Gasteiger partial charge >= 0.3 is 0 Å². The van der Waals surface area contributed by atoms with Crippen LogP contribution in [0.15, 0.2) is 28.9 Å². The third-order valence-corrected chi connectivity index (χ3v) is 2.05. The lowest BCUT2D eigenvalue weighted by molar-refractivity contribution is 0.430. The zero-order valence-corrected chi connectivity index (χ0v) is 7.62. The van der Waals surface area contributed by atoms with Gasteiger partial charge in [-0.3, -0.25) is 0 Å². The highest BCUT2D eigenvalue weighted by atomic mass is 19.1. The van der Waals surface area contributed by atoms with Crippen LogP contribution in [0.1, 0.15) is 5.56 Å². The van der Waals surface area contributed by atoms with E-state index in [1.807, 2.05) is 0 Å². The van der Waals surface area contributed by atoms with Crippen LogP contribution in [0.3, 0.4) is 0 Å². The molecule has 0 radical (unpaired) electrons. The number of nitrogens with two attached hydrogens (primary N) is 1. The second kappa shape index (κ2) is 3.14. The Bertz CT molecular complexity index is 445. The van der Waals surface area contributed by atoms with Crippen molar-refractivity contribution in [2.75, 3.05) is 5.73 Å². The first-order valence-electron chi connectivity index (χ1n) is 4.16. The standard InChI is InChI=1S/C10H9FN2O/c1-6-3-2-4-7(11)9(6)10-8(12)5-13-14-10/h2-5H,12H2,1H3. The molecule has 1 heterocycles. The van der Waals surface area contributed by atoms with Gasteiger partial charge in [-0.2, -0.15) is 0 Å². The Balaban J connectivity index is 2.68. The summed E-state index contributed by atoms with van der Waals surface area (Å²) in [6.07, 6.45) is 1.36. The number of hydrogen-bond acceptors (Lipinski definition) is 3. The molecule has 3 nitrogen and oxygen atoms in total. The predicted octanol–water partition coefficient (Wildman–Crippen LogP) is 2.37. The summed E-state index contributed by atoms with van der Waals surface area (Å²) in [5, 5.41) is 3.51. The molecule has 0 amide bonds. The molecule has 0 atom stereocenters. The molecule has 0 fully saturated rings. The van der Waals surface area contributed by atoms with Crippen LogP contribution in [0.5, 0.6) is 0 Å². The van der Waals surface area contributed by atoms with Gasteiger partial charge in [0.1, 0.15) is 11.5 Å². The van der Waals surface area contributed by atoms with E-state index in [4.69, 9.17) is 10.3 Å². The number of halogens is 1. The van der Waals surface area contributed by atoms with E-state index < -0.39 is 0 Å². The first-order valence-corrected chi connectivity index (χ1v) is 4.16. The van der Waals surface area contributed by atoms with Gasteiger partial charge in [-0.25, -0.2) is 4.39 Å². The van der Waals surface area contributed by atoms with E-state index in [0.717, 1.165) is 5.56 Å². The topological polar surface area (TPSA) is 52.0 Å². The lowest BCUT2D eigenvalue weighted by Gasteiger charge is -2.03. The second-order valence-electron chi connectivity index (χ2n) is 3.04. The highest BCUT2D eigenvalue weighted by Crippen LogP contribution is 2.30. The lowest BCUT2D eigenvalue weighted by Crippen LogP contribution is -1.91. The van der Waals surface area contributed by atoms with Crippen LogP contribution >= 0.6 is 0 Å². The third kappa shape index (κ3) is 1.25. The Morgan fingerprint density at radius 1 is 1.43 bits per heavy atom. The average Bonchev–Trinajstić information content (AvgIpc) is 2.52. The molecule has 0 aliphatic carbocycles. The normalized spacial score (nSPS) is 10.4. The fourth-order valence-electron chi connectivity index (χ4n) is 1.36. The molecule has 0 aliphatic heterocycles. The first-order chi connectivity index (χ1) is 6.70. The number of aryl methyl sites for hydroxylation is 1. The van der Waals surface area contributed by atoms with Crippen LogP contribution in [0.4, 0.5) is 10.1 Å². The highest BCUT2D eigenvalue weighted by molar-refractivity contribution is 5.72. The van der Waals surface area contributed by atoms with Gasteiger partial charge in [0.25, 0.3) is 0 Å². The number of rotatable bonds is 1. The van der Waals surface area contributed by atoms with Gasteiger partial charge in [0.15, 0.2) is 5.76 Å². The fraction of sp³-hybridized carbons (Fsp3) is 0.100. The molecule has 72 valence electrons. The molecule has 1 aromatic heterocycles. The van der Waals surface area contributed by atoms with Crippen LogP contribution in [0.25, 0.3) is 11.3 Å². The van der Waals surface area contributed by atoms with E-state index in [1.165, 1.54) is 12.3 Å². The van der Waals surface area contributed by atoms with Gasteiger partial charge < -0.3 is 10.3 Å². The number of nitrogens with zero attached hydrogens (tertiary/aromatic N) is 1. The van der Waals surface area contributed by atoms with E-state index in [1.54, 1.807) is 19.1 Å². The summed E-state index contributed by atoms with van der Waals surface area (Å²) in [6.45, 7) is 1.79. The molecule has 0 aliphatic rings. The quantitative estimate of drug-likeness (QED) is 0.754. The summed E-state index contributed by atoms with van der Waals surface area (Å²) in [4.78, 5) is 0. The second-order valence-corrected chi connectivity index (χ2v) is 3.04. The van der Waals surface area contributed by atoms with Crippen molar-refractivity contribution in [3.63, 3.8) is 0 Å². The lowest BCUT2D eigenvalue weighted by atomic mass is 10.1. The van der Waals surface area contributed by atoms with Crippen LogP contribution in [0.2, 0.25) is 0 Å². The molecule has 1 aromatic carbocycles. The Labute approximate surface area is 80.3 Å². The molecule has 2 N–H and O–H groups in total. The minimum atomic E-state index is -0.353. The summed E-state index contributed by atoms with van der Waals surface area (Å²) in [7, 11) is 0. The Kier molecular flexibility index (Phi) is 1.96. The molecule has 0 unspecified atom stereocenters. The number of nitrogen functional groups attached to an aromatic ring is 1. The van der Waals surface area contributed by atoms with Crippen molar-refractivity contribution in [3.8, 4) is 11.3 Å². The number of benzene rings is 1. The van der Waals surface area contributed by atoms with Gasteiger partial charge in [0, 0.05) is 0 Å². The zero-order chi connectivity index (χ0) is 10.1. The smallest absolute Gasteiger partial charge is 0.192 e. The number of hydrogen-bond donors (Lipinski definition) is 1. The molecule has 4 heteroatoms. The van der Waals surface area contributed by atoms with Crippen molar-refractivity contribution in [2.45, 2.75) is 6.92 Å². The molecule has 2 rings (SSSR count). The van der Waals surface area contributed by atoms with Gasteiger partial charge in [-0.05, 0) is 18.6 Å². The Morgan fingerprint density at radius 3 is 2.79 bits per heavy atom. The Hall–Kier alpha value is -1.84. The monoisotopic (exact) mass is 192 g/mol. The van der Waals surface area contributed by atoms with E-state index in [-0.39, 0.29) is 5.82 Å². The fourth-order valence-corrected chi connectivity index (χ4v) is 1.36. The van der Waals surface area contributed by atoms with Gasteiger partial charge in [-0.1, -0.05) is 17.3 Å². The largest absolute Gasteiger partial charge is 0.394 e. The van der Waals surface area contributed by atoms with Crippen LogP contribution in [-0.4, -0.2) is 5.16 Å². The summed E-state index contributed by atoms with van der Waals surface area (Å²) >= 11 is 0. The molecular weight excluding hydrogens is 183 g/mol. The van der Waals surface area contributed by atoms with Crippen molar-refractivity contribution in [1.29, 1.82) is 0 Å². The molecule has 2 aromatic rings. The van der Waals surface area contributed by atoms with Crippen molar-refractivity contribution in [3.05, 3.63) is 35.8 Å². The summed E-state index contributed by atoms with van der Waals surface area (Å²) in [5.41, 5.74) is 7.08. The van der Waals surface area contributed by atoms with E-state index >= 15 is 0 Å². The van der Waals surface area contributed by atoms with Crippen molar-refractivity contribution in [1.82, 2.24) is 5.16 Å². The van der Waals surface area contributed by atoms with Crippen LogP contribution in [0, 0.1) is 12.7 Å². The van der Waals surface area contributed by atoms with Crippen molar-refractivity contribution in [2.24, 2.45) is 0 Å². The molecular formula is C10H9FN2O. The average molecular weight is 192 g/mol. The summed E-state index contributed by atoms with van der Waals surface area (Å²) < 4.78 is 18.3. The molecule has 0 bridgehead atoms. The third-order valence-electron chi connectivity index (χ3n) is 2.05. The number of aromatic nitrogens is 1. The maximum absolute atomic E-state index is 13.5. The molecule has 14 heavy (non-hydrogen) atoms. The van der Waals surface area contributed by atoms with Gasteiger partial charge in [-0.15, -0.1) is 0 Å². The SMILES string of the molecule is Cc1cccc(F)c1-c1oncc1N. The van der Waals surface area contributed by atoms with E-state index in [0.29, 0.717) is 17.0 Å². The van der Waals surface area contributed by atoms with Crippen molar-refractivity contribution < 1.29 is 8.91 Å². The highest BCUT2D eigenvalue weighted by Gasteiger charge is 2.14. The molecule has 0 saturated carbocycles. The summed E-state index contributed by atoms with van der Waals surface area (Å²) in [5.74, 6) is -0.0611. The number of anilines is 1. The Morgan fingerprint density at radius 2 is 2.21 bits per heavy atom. The zero-order valence-electron chi connectivity index (χ0n) is 7.62. The van der Waals surface area contributed by atoms with Gasteiger partial charge in [0.2, 0.25) is 0 Å². The van der Waals surface area contributed by atoms with E-state index in [9.17, 15) is 4.39 Å². The molecule has 0 spiro atoms. The predicted molar refractivity (Wildman–Crippen MR) is 51.0 cm³/mol. The minimum absolute atomic E-state index is 0.292. The minimum Gasteiger partial charge on any atom is -0.394 e. The van der Waals surface area contributed by atoms with Gasteiger partial charge in [0.05, 0.1) is 11.8 Å². The maximum atomic E-state index is 13.5. The van der Waals surface area contributed by atoms with Crippen LogP contribution in [-0.2, 0) is 0 Å².